The molecule has 0 radical (unpaired) electrons. The Labute approximate surface area is 90.3 Å². The van der Waals surface area contributed by atoms with Crippen molar-refractivity contribution in [1.29, 1.82) is 0 Å². The van der Waals surface area contributed by atoms with Crippen LogP contribution in [-0.2, 0) is 0 Å². The molecule has 1 nitrogen and oxygen atoms in total. The van der Waals surface area contributed by atoms with Gasteiger partial charge in [-0.25, -0.2) is 4.39 Å². The van der Waals surface area contributed by atoms with Gasteiger partial charge in [-0.1, -0.05) is 26.2 Å². The van der Waals surface area contributed by atoms with Crippen LogP contribution in [0.1, 0.15) is 49.4 Å². The third-order valence-electron chi connectivity index (χ3n) is 2.42. The first-order valence-electron chi connectivity index (χ1n) is 5.53. The monoisotopic (exact) mass is 208 g/mol. The fourth-order valence-electron chi connectivity index (χ4n) is 1.49. The van der Waals surface area contributed by atoms with Crippen LogP contribution in [0.5, 0.6) is 0 Å². The molecule has 15 heavy (non-hydrogen) atoms. The van der Waals surface area contributed by atoms with E-state index in [4.69, 9.17) is 0 Å². The molecule has 0 atom stereocenters. The molecule has 0 N–H and O–H groups in total. The van der Waals surface area contributed by atoms with E-state index < -0.39 is 0 Å². The van der Waals surface area contributed by atoms with Crippen LogP contribution in [0.4, 0.5) is 4.39 Å². The van der Waals surface area contributed by atoms with E-state index in [9.17, 15) is 9.18 Å². The Kier molecular flexibility index (Phi) is 5.02. The number of hydrogen-bond acceptors (Lipinski definition) is 1. The van der Waals surface area contributed by atoms with E-state index in [0.717, 1.165) is 12.8 Å². The highest BCUT2D eigenvalue weighted by Crippen LogP contribution is 2.09. The van der Waals surface area contributed by atoms with Crippen LogP contribution >= 0.6 is 0 Å². The Morgan fingerprint density at radius 1 is 1.13 bits per heavy atom. The molecule has 0 aliphatic heterocycles. The molecule has 0 saturated carbocycles. The van der Waals surface area contributed by atoms with Crippen LogP contribution in [0, 0.1) is 5.82 Å². The summed E-state index contributed by atoms with van der Waals surface area (Å²) in [5.74, 6) is -0.177. The molecule has 2 heteroatoms. The van der Waals surface area contributed by atoms with Crippen LogP contribution in [0.3, 0.4) is 0 Å². The number of hydrogen-bond donors (Lipinski definition) is 0. The maximum absolute atomic E-state index is 12.6. The highest BCUT2D eigenvalue weighted by molar-refractivity contribution is 5.95. The number of Topliss-reactive ketones (excluding diaryl/α,β-unsaturated/α-hetero) is 1. The first-order valence-corrected chi connectivity index (χ1v) is 5.53. The Morgan fingerprint density at radius 2 is 1.80 bits per heavy atom. The first kappa shape index (κ1) is 11.9. The van der Waals surface area contributed by atoms with Crippen LogP contribution in [-0.4, -0.2) is 5.78 Å². The molecule has 0 amide bonds. The van der Waals surface area contributed by atoms with Gasteiger partial charge in [-0.15, -0.1) is 0 Å². The average Bonchev–Trinajstić information content (AvgIpc) is 2.25. The van der Waals surface area contributed by atoms with E-state index in [1.165, 1.54) is 25.0 Å². The molecule has 1 rings (SSSR count). The SMILES string of the molecule is CCCCCCC(=O)c1ccc(F)cc1. The smallest absolute Gasteiger partial charge is 0.162 e. The van der Waals surface area contributed by atoms with Crippen molar-refractivity contribution in [3.8, 4) is 0 Å². The van der Waals surface area contributed by atoms with Crippen LogP contribution in [0.2, 0.25) is 0 Å². The molecule has 0 aliphatic rings. The molecule has 0 fully saturated rings. The molecule has 82 valence electrons. The van der Waals surface area contributed by atoms with E-state index in [2.05, 4.69) is 6.92 Å². The van der Waals surface area contributed by atoms with Gasteiger partial charge in [0, 0.05) is 12.0 Å². The largest absolute Gasteiger partial charge is 0.294 e. The summed E-state index contributed by atoms with van der Waals surface area (Å²) >= 11 is 0. The lowest BCUT2D eigenvalue weighted by Crippen LogP contribution is -1.98. The summed E-state index contributed by atoms with van der Waals surface area (Å²) in [4.78, 5) is 11.6. The molecule has 0 bridgehead atoms. The van der Waals surface area contributed by atoms with E-state index in [-0.39, 0.29) is 11.6 Å². The number of carbonyl (C=O) groups is 1. The number of halogens is 1. The Bertz CT molecular complexity index is 303. The minimum Gasteiger partial charge on any atom is -0.294 e. The van der Waals surface area contributed by atoms with Crippen molar-refractivity contribution < 1.29 is 9.18 Å². The van der Waals surface area contributed by atoms with Gasteiger partial charge in [-0.2, -0.15) is 0 Å². The molecular formula is C13H17FO. The summed E-state index contributed by atoms with van der Waals surface area (Å²) < 4.78 is 12.6. The zero-order valence-electron chi connectivity index (χ0n) is 9.13. The molecule has 1 aromatic rings. The summed E-state index contributed by atoms with van der Waals surface area (Å²) in [5, 5.41) is 0. The number of ketones is 1. The second kappa shape index (κ2) is 6.33. The van der Waals surface area contributed by atoms with Gasteiger partial charge < -0.3 is 0 Å². The van der Waals surface area contributed by atoms with E-state index >= 15 is 0 Å². The van der Waals surface area contributed by atoms with Crippen LogP contribution in [0.25, 0.3) is 0 Å². The number of rotatable bonds is 6. The lowest BCUT2D eigenvalue weighted by Gasteiger charge is -2.00. The summed E-state index contributed by atoms with van der Waals surface area (Å²) in [6, 6.07) is 5.77. The second-order valence-electron chi connectivity index (χ2n) is 3.74. The van der Waals surface area contributed by atoms with Crippen molar-refractivity contribution in [2.45, 2.75) is 39.0 Å². The minimum absolute atomic E-state index is 0.117. The summed E-state index contributed by atoms with van der Waals surface area (Å²) in [6.45, 7) is 2.14. The van der Waals surface area contributed by atoms with Crippen molar-refractivity contribution in [2.75, 3.05) is 0 Å². The zero-order valence-corrected chi connectivity index (χ0v) is 9.13. The van der Waals surface area contributed by atoms with Crippen LogP contribution < -0.4 is 0 Å². The molecule has 0 unspecified atom stereocenters. The molecule has 0 spiro atoms. The summed E-state index contributed by atoms with van der Waals surface area (Å²) in [7, 11) is 0. The van der Waals surface area contributed by atoms with Gasteiger partial charge in [0.25, 0.3) is 0 Å². The average molecular weight is 208 g/mol. The fourth-order valence-corrected chi connectivity index (χ4v) is 1.49. The lowest BCUT2D eigenvalue weighted by atomic mass is 10.0. The van der Waals surface area contributed by atoms with Gasteiger partial charge in [0.05, 0.1) is 0 Å². The predicted molar refractivity (Wildman–Crippen MR) is 59.5 cm³/mol. The van der Waals surface area contributed by atoms with Gasteiger partial charge in [-0.3, -0.25) is 4.79 Å². The molecule has 0 heterocycles. The summed E-state index contributed by atoms with van der Waals surface area (Å²) in [5.41, 5.74) is 0.618. The van der Waals surface area contributed by atoms with Crippen LogP contribution in [0.15, 0.2) is 24.3 Å². The fraction of sp³-hybridized carbons (Fsp3) is 0.462. The molecule has 0 saturated heterocycles. The Hall–Kier alpha value is -1.18. The van der Waals surface area contributed by atoms with Crippen molar-refractivity contribution in [1.82, 2.24) is 0 Å². The first-order chi connectivity index (χ1) is 7.24. The molecule has 0 aromatic heterocycles. The standard InChI is InChI=1S/C13H17FO/c1-2-3-4-5-6-13(15)11-7-9-12(14)10-8-11/h7-10H,2-6H2,1H3. The second-order valence-corrected chi connectivity index (χ2v) is 3.74. The van der Waals surface area contributed by atoms with Gasteiger partial charge in [-0.05, 0) is 30.7 Å². The van der Waals surface area contributed by atoms with Crippen molar-refractivity contribution in [3.05, 3.63) is 35.6 Å². The van der Waals surface area contributed by atoms with E-state index in [0.29, 0.717) is 12.0 Å². The van der Waals surface area contributed by atoms with Crippen molar-refractivity contribution in [2.24, 2.45) is 0 Å². The van der Waals surface area contributed by atoms with Crippen molar-refractivity contribution >= 4 is 5.78 Å². The van der Waals surface area contributed by atoms with Gasteiger partial charge in [0.15, 0.2) is 5.78 Å². The Balaban J connectivity index is 2.37. The van der Waals surface area contributed by atoms with Gasteiger partial charge >= 0.3 is 0 Å². The maximum Gasteiger partial charge on any atom is 0.162 e. The Morgan fingerprint density at radius 3 is 2.40 bits per heavy atom. The third-order valence-corrected chi connectivity index (χ3v) is 2.42. The predicted octanol–water partition coefficient (Wildman–Crippen LogP) is 3.98. The third kappa shape index (κ3) is 4.24. The maximum atomic E-state index is 12.6. The molecule has 0 aliphatic carbocycles. The lowest BCUT2D eigenvalue weighted by molar-refractivity contribution is 0.0979. The van der Waals surface area contributed by atoms with Crippen molar-refractivity contribution in [3.63, 3.8) is 0 Å². The normalized spacial score (nSPS) is 10.3. The van der Waals surface area contributed by atoms with E-state index in [1.807, 2.05) is 0 Å². The molecule has 1 aromatic carbocycles. The topological polar surface area (TPSA) is 17.1 Å². The van der Waals surface area contributed by atoms with Gasteiger partial charge in [0.2, 0.25) is 0 Å². The van der Waals surface area contributed by atoms with E-state index in [1.54, 1.807) is 12.1 Å². The minimum atomic E-state index is -0.294. The number of carbonyl (C=O) groups excluding carboxylic acids is 1. The highest BCUT2D eigenvalue weighted by atomic mass is 19.1. The number of benzene rings is 1. The highest BCUT2D eigenvalue weighted by Gasteiger charge is 2.04. The number of unbranched alkanes of at least 4 members (excludes halogenated alkanes) is 3. The summed E-state index contributed by atoms with van der Waals surface area (Å²) in [6.07, 6.45) is 4.96. The quantitative estimate of drug-likeness (QED) is 0.510. The zero-order chi connectivity index (χ0) is 11.1. The van der Waals surface area contributed by atoms with Gasteiger partial charge in [0.1, 0.15) is 5.82 Å². The molecular weight excluding hydrogens is 191 g/mol.